The van der Waals surface area contributed by atoms with Crippen molar-refractivity contribution in [3.63, 3.8) is 0 Å². The van der Waals surface area contributed by atoms with Crippen LogP contribution in [0.25, 0.3) is 11.8 Å². The predicted octanol–water partition coefficient (Wildman–Crippen LogP) is 3.27. The summed E-state index contributed by atoms with van der Waals surface area (Å²) in [7, 11) is 0. The largest absolute Gasteiger partial charge is 0.352 e. The van der Waals surface area contributed by atoms with E-state index in [1.165, 1.54) is 0 Å². The summed E-state index contributed by atoms with van der Waals surface area (Å²) in [6.07, 6.45) is 3.42. The van der Waals surface area contributed by atoms with Crippen molar-refractivity contribution in [1.82, 2.24) is 15.1 Å². The van der Waals surface area contributed by atoms with E-state index in [2.05, 4.69) is 24.3 Å². The molecule has 4 heteroatoms. The van der Waals surface area contributed by atoms with Crippen LogP contribution in [0.2, 0.25) is 0 Å². The monoisotopic (exact) mass is 297 g/mol. The minimum absolute atomic E-state index is 0.0695. The van der Waals surface area contributed by atoms with Crippen LogP contribution in [0.3, 0.4) is 0 Å². The molecule has 0 fully saturated rings. The van der Waals surface area contributed by atoms with Gasteiger partial charge in [-0.05, 0) is 38.0 Å². The summed E-state index contributed by atoms with van der Waals surface area (Å²) in [6.45, 7) is 8.80. The van der Waals surface area contributed by atoms with Crippen molar-refractivity contribution in [3.8, 4) is 5.69 Å². The molecule has 22 heavy (non-hydrogen) atoms. The Balaban J connectivity index is 2.19. The van der Waals surface area contributed by atoms with E-state index < -0.39 is 0 Å². The number of hydrogen-bond donors (Lipinski definition) is 1. The number of rotatable bonds is 5. The Bertz CT molecular complexity index is 669. The number of nitrogens with one attached hydrogen (secondary N) is 1. The Labute approximate surface area is 131 Å². The highest BCUT2D eigenvalue weighted by molar-refractivity contribution is 5.92. The molecule has 2 aromatic rings. The molecule has 2 rings (SSSR count). The van der Waals surface area contributed by atoms with Gasteiger partial charge in [-0.2, -0.15) is 5.10 Å². The Kier molecular flexibility index (Phi) is 5.15. The van der Waals surface area contributed by atoms with Gasteiger partial charge in [0.1, 0.15) is 0 Å². The molecule has 0 aliphatic carbocycles. The van der Waals surface area contributed by atoms with Crippen LogP contribution < -0.4 is 5.32 Å². The molecule has 0 bridgehead atoms. The maximum Gasteiger partial charge on any atom is 0.244 e. The summed E-state index contributed by atoms with van der Waals surface area (Å²) >= 11 is 0. The van der Waals surface area contributed by atoms with Gasteiger partial charge in [-0.15, -0.1) is 0 Å². The smallest absolute Gasteiger partial charge is 0.244 e. The van der Waals surface area contributed by atoms with Gasteiger partial charge < -0.3 is 5.32 Å². The number of aryl methyl sites for hydroxylation is 1. The second kappa shape index (κ2) is 7.07. The SMILES string of the molecule is Cc1nn(-c2ccccc2)c(C)c1/C=C/C(=O)NCC(C)C. The first-order valence-corrected chi connectivity index (χ1v) is 7.56. The van der Waals surface area contributed by atoms with Gasteiger partial charge in [0.2, 0.25) is 5.91 Å². The minimum atomic E-state index is -0.0695. The van der Waals surface area contributed by atoms with E-state index in [1.807, 2.05) is 54.9 Å². The second-order valence-corrected chi connectivity index (χ2v) is 5.80. The Morgan fingerprint density at radius 3 is 2.59 bits per heavy atom. The zero-order chi connectivity index (χ0) is 16.1. The number of benzene rings is 1. The van der Waals surface area contributed by atoms with Crippen LogP contribution in [0.1, 0.15) is 30.8 Å². The van der Waals surface area contributed by atoms with Crippen molar-refractivity contribution in [1.29, 1.82) is 0 Å². The summed E-state index contributed by atoms with van der Waals surface area (Å²) in [5.41, 5.74) is 3.95. The fourth-order valence-electron chi connectivity index (χ4n) is 2.24. The maximum atomic E-state index is 11.8. The van der Waals surface area contributed by atoms with Gasteiger partial charge in [0, 0.05) is 23.9 Å². The van der Waals surface area contributed by atoms with Crippen molar-refractivity contribution in [3.05, 3.63) is 53.4 Å². The highest BCUT2D eigenvalue weighted by Crippen LogP contribution is 2.18. The lowest BCUT2D eigenvalue weighted by Crippen LogP contribution is -2.25. The van der Waals surface area contributed by atoms with E-state index in [0.717, 1.165) is 22.6 Å². The van der Waals surface area contributed by atoms with Gasteiger partial charge in [-0.3, -0.25) is 4.79 Å². The second-order valence-electron chi connectivity index (χ2n) is 5.80. The molecule has 0 radical (unpaired) electrons. The molecular weight excluding hydrogens is 274 g/mol. The quantitative estimate of drug-likeness (QED) is 0.861. The number of aromatic nitrogens is 2. The average Bonchev–Trinajstić information content (AvgIpc) is 2.79. The molecule has 0 unspecified atom stereocenters. The molecule has 0 saturated heterocycles. The van der Waals surface area contributed by atoms with Gasteiger partial charge in [0.15, 0.2) is 0 Å². The number of amides is 1. The van der Waals surface area contributed by atoms with Crippen LogP contribution >= 0.6 is 0 Å². The first-order chi connectivity index (χ1) is 10.5. The zero-order valence-electron chi connectivity index (χ0n) is 13.6. The highest BCUT2D eigenvalue weighted by Gasteiger charge is 2.10. The topological polar surface area (TPSA) is 46.9 Å². The third kappa shape index (κ3) is 3.85. The molecule has 116 valence electrons. The number of carbonyl (C=O) groups excluding carboxylic acids is 1. The zero-order valence-corrected chi connectivity index (χ0v) is 13.6. The standard InChI is InChI=1S/C18H23N3O/c1-13(2)12-19-18(22)11-10-17-14(3)20-21(15(17)4)16-8-6-5-7-9-16/h5-11,13H,12H2,1-4H3,(H,19,22)/b11-10+. The molecule has 0 spiro atoms. The molecular formula is C18H23N3O. The van der Waals surface area contributed by atoms with Crippen LogP contribution in [0.5, 0.6) is 0 Å². The summed E-state index contributed by atoms with van der Waals surface area (Å²) < 4.78 is 1.90. The van der Waals surface area contributed by atoms with E-state index in [1.54, 1.807) is 6.08 Å². The first-order valence-electron chi connectivity index (χ1n) is 7.56. The van der Waals surface area contributed by atoms with E-state index in [4.69, 9.17) is 0 Å². The van der Waals surface area contributed by atoms with Crippen molar-refractivity contribution < 1.29 is 4.79 Å². The normalized spacial score (nSPS) is 11.3. The average molecular weight is 297 g/mol. The number of carbonyl (C=O) groups is 1. The third-order valence-electron chi connectivity index (χ3n) is 3.43. The van der Waals surface area contributed by atoms with Crippen molar-refractivity contribution in [2.75, 3.05) is 6.54 Å². The van der Waals surface area contributed by atoms with Gasteiger partial charge in [0.05, 0.1) is 11.4 Å². The van der Waals surface area contributed by atoms with Crippen LogP contribution in [-0.2, 0) is 4.79 Å². The van der Waals surface area contributed by atoms with Crippen LogP contribution in [0.15, 0.2) is 36.4 Å². The molecule has 0 aliphatic heterocycles. The molecule has 1 amide bonds. The molecule has 4 nitrogen and oxygen atoms in total. The molecule has 1 heterocycles. The fraction of sp³-hybridized carbons (Fsp3) is 0.333. The lowest BCUT2D eigenvalue weighted by Gasteiger charge is -2.05. The van der Waals surface area contributed by atoms with Gasteiger partial charge >= 0.3 is 0 Å². The highest BCUT2D eigenvalue weighted by atomic mass is 16.1. The van der Waals surface area contributed by atoms with Crippen molar-refractivity contribution >= 4 is 12.0 Å². The molecule has 1 aromatic heterocycles. The Hall–Kier alpha value is -2.36. The molecule has 0 saturated carbocycles. The van der Waals surface area contributed by atoms with E-state index in [-0.39, 0.29) is 5.91 Å². The maximum absolute atomic E-state index is 11.8. The number of para-hydroxylation sites is 1. The van der Waals surface area contributed by atoms with Crippen molar-refractivity contribution in [2.24, 2.45) is 5.92 Å². The van der Waals surface area contributed by atoms with Gasteiger partial charge in [-0.25, -0.2) is 4.68 Å². The van der Waals surface area contributed by atoms with Crippen LogP contribution in [0.4, 0.5) is 0 Å². The lowest BCUT2D eigenvalue weighted by molar-refractivity contribution is -0.116. The predicted molar refractivity (Wildman–Crippen MR) is 89.9 cm³/mol. The summed E-state index contributed by atoms with van der Waals surface area (Å²) in [5, 5.41) is 7.44. The lowest BCUT2D eigenvalue weighted by atomic mass is 10.1. The van der Waals surface area contributed by atoms with Crippen LogP contribution in [-0.4, -0.2) is 22.2 Å². The Morgan fingerprint density at radius 2 is 1.95 bits per heavy atom. The summed E-state index contributed by atoms with van der Waals surface area (Å²) in [6, 6.07) is 9.99. The van der Waals surface area contributed by atoms with E-state index >= 15 is 0 Å². The number of nitrogens with zero attached hydrogens (tertiary/aromatic N) is 2. The van der Waals surface area contributed by atoms with E-state index in [9.17, 15) is 4.79 Å². The molecule has 1 aromatic carbocycles. The fourth-order valence-corrected chi connectivity index (χ4v) is 2.24. The molecule has 1 N–H and O–H groups in total. The summed E-state index contributed by atoms with van der Waals surface area (Å²) in [5.74, 6) is 0.376. The summed E-state index contributed by atoms with van der Waals surface area (Å²) in [4.78, 5) is 11.8. The first kappa shape index (κ1) is 16.0. The third-order valence-corrected chi connectivity index (χ3v) is 3.43. The van der Waals surface area contributed by atoms with Gasteiger partial charge in [-0.1, -0.05) is 32.0 Å². The minimum Gasteiger partial charge on any atom is -0.352 e. The van der Waals surface area contributed by atoms with Gasteiger partial charge in [0.25, 0.3) is 0 Å². The Morgan fingerprint density at radius 1 is 1.27 bits per heavy atom. The number of hydrogen-bond acceptors (Lipinski definition) is 2. The molecule has 0 atom stereocenters. The molecule has 0 aliphatic rings. The van der Waals surface area contributed by atoms with E-state index in [0.29, 0.717) is 12.5 Å². The van der Waals surface area contributed by atoms with Crippen molar-refractivity contribution in [2.45, 2.75) is 27.7 Å². The van der Waals surface area contributed by atoms with Crippen LogP contribution in [0, 0.1) is 19.8 Å².